The lowest BCUT2D eigenvalue weighted by Crippen LogP contribution is -2.60. The first-order valence-electron chi connectivity index (χ1n) is 13.8. The van der Waals surface area contributed by atoms with Crippen molar-refractivity contribution < 1.29 is 9.90 Å². The molecule has 1 amide bonds. The van der Waals surface area contributed by atoms with Crippen molar-refractivity contribution in [3.05, 3.63) is 35.5 Å². The molecule has 0 aliphatic heterocycles. The van der Waals surface area contributed by atoms with E-state index in [4.69, 9.17) is 0 Å². The normalized spacial score (nSPS) is 30.2. The molecule has 0 aromatic carbocycles. The largest absolute Gasteiger partial charge is 0.388 e. The third kappa shape index (κ3) is 7.61. The highest BCUT2D eigenvalue weighted by Crippen LogP contribution is 2.55. The third-order valence-electron chi connectivity index (χ3n) is 8.32. The van der Waals surface area contributed by atoms with Gasteiger partial charge in [0, 0.05) is 23.5 Å². The summed E-state index contributed by atoms with van der Waals surface area (Å²) in [4.78, 5) is 12.8. The van der Waals surface area contributed by atoms with Gasteiger partial charge >= 0.3 is 0 Å². The number of carbonyl (C=O) groups excluding carboxylic acids is 1. The van der Waals surface area contributed by atoms with Gasteiger partial charge < -0.3 is 10.4 Å². The van der Waals surface area contributed by atoms with Crippen LogP contribution < -0.4 is 5.32 Å². The summed E-state index contributed by atoms with van der Waals surface area (Å²) in [5.74, 6) is 8.95. The summed E-state index contributed by atoms with van der Waals surface area (Å²) in [5, 5.41) is 13.9. The lowest BCUT2D eigenvalue weighted by Gasteiger charge is -2.56. The Labute approximate surface area is 208 Å². The average Bonchev–Trinajstić information content (AvgIpc) is 2.79. The summed E-state index contributed by atoms with van der Waals surface area (Å²) in [7, 11) is 0. The van der Waals surface area contributed by atoms with E-state index >= 15 is 0 Å². The van der Waals surface area contributed by atoms with E-state index in [1.165, 1.54) is 57.8 Å². The minimum absolute atomic E-state index is 0.0483. The van der Waals surface area contributed by atoms with Gasteiger partial charge in [-0.15, -0.1) is 0 Å². The van der Waals surface area contributed by atoms with Gasteiger partial charge in [0.25, 0.3) is 0 Å². The molecule has 0 heterocycles. The molecule has 2 N–H and O–H groups in total. The predicted molar refractivity (Wildman–Crippen MR) is 142 cm³/mol. The van der Waals surface area contributed by atoms with Crippen molar-refractivity contribution in [1.82, 2.24) is 5.32 Å². The summed E-state index contributed by atoms with van der Waals surface area (Å²) < 4.78 is 0. The highest BCUT2D eigenvalue weighted by atomic mass is 16.3. The summed E-state index contributed by atoms with van der Waals surface area (Å²) >= 11 is 0. The molecule has 3 heteroatoms. The van der Waals surface area contributed by atoms with Gasteiger partial charge in [-0.05, 0) is 101 Å². The number of allylic oxidation sites excluding steroid dienone is 3. The number of rotatable bonds is 11. The number of hydrogen-bond donors (Lipinski definition) is 2. The van der Waals surface area contributed by atoms with Gasteiger partial charge in [0.15, 0.2) is 0 Å². The second kappa shape index (κ2) is 12.8. The zero-order valence-electron chi connectivity index (χ0n) is 22.0. The molecule has 0 unspecified atom stereocenters. The van der Waals surface area contributed by atoms with Crippen LogP contribution in [0, 0.1) is 35.5 Å². The molecule has 188 valence electrons. The number of hydrogen-bond acceptors (Lipinski definition) is 2. The molecule has 0 aromatic heterocycles. The van der Waals surface area contributed by atoms with E-state index in [9.17, 15) is 9.90 Å². The predicted octanol–water partition coefficient (Wildman–Crippen LogP) is 6.88. The van der Waals surface area contributed by atoms with Crippen LogP contribution in [0.1, 0.15) is 105 Å². The lowest BCUT2D eigenvalue weighted by molar-refractivity contribution is -0.123. The quantitative estimate of drug-likeness (QED) is 0.151. The molecule has 4 aliphatic rings. The first-order valence-corrected chi connectivity index (χ1v) is 13.8. The van der Waals surface area contributed by atoms with Crippen LogP contribution in [0.3, 0.4) is 0 Å². The third-order valence-corrected chi connectivity index (χ3v) is 8.32. The molecule has 4 aliphatic carbocycles. The fourth-order valence-electron chi connectivity index (χ4n) is 6.75. The topological polar surface area (TPSA) is 49.3 Å². The van der Waals surface area contributed by atoms with Gasteiger partial charge in [0.05, 0.1) is 6.10 Å². The van der Waals surface area contributed by atoms with Crippen molar-refractivity contribution in [2.45, 2.75) is 116 Å². The molecule has 4 fully saturated rings. The van der Waals surface area contributed by atoms with Crippen molar-refractivity contribution in [3.8, 4) is 11.8 Å². The Kier molecular flexibility index (Phi) is 10.1. The number of aliphatic hydroxyl groups excluding tert-OH is 1. The van der Waals surface area contributed by atoms with Crippen LogP contribution in [0.5, 0.6) is 0 Å². The smallest absolute Gasteiger partial charge is 0.247 e. The number of nitrogens with one attached hydrogen (secondary N) is 1. The van der Waals surface area contributed by atoms with Gasteiger partial charge in [-0.2, -0.15) is 0 Å². The summed E-state index contributed by atoms with van der Waals surface area (Å²) in [6, 6.07) is 0. The Balaban J connectivity index is 1.37. The Morgan fingerprint density at radius 3 is 2.32 bits per heavy atom. The maximum absolute atomic E-state index is 12.8. The highest BCUT2D eigenvalue weighted by molar-refractivity contribution is 5.93. The fraction of sp³-hybridized carbons (Fsp3) is 0.710. The zero-order valence-corrected chi connectivity index (χ0v) is 22.0. The molecule has 4 saturated carbocycles. The van der Waals surface area contributed by atoms with Crippen LogP contribution in [0.15, 0.2) is 35.5 Å². The fourth-order valence-corrected chi connectivity index (χ4v) is 6.75. The lowest BCUT2D eigenvalue weighted by atomic mass is 9.53. The van der Waals surface area contributed by atoms with E-state index in [0.717, 1.165) is 48.2 Å². The van der Waals surface area contributed by atoms with Crippen molar-refractivity contribution >= 4 is 5.91 Å². The van der Waals surface area contributed by atoms with E-state index in [-0.39, 0.29) is 17.4 Å². The van der Waals surface area contributed by atoms with Crippen LogP contribution in [0.2, 0.25) is 0 Å². The van der Waals surface area contributed by atoms with E-state index < -0.39 is 6.10 Å². The Hall–Kier alpha value is -1.79. The first-order chi connectivity index (χ1) is 16.3. The monoisotopic (exact) mass is 465 g/mol. The van der Waals surface area contributed by atoms with Gasteiger partial charge in [-0.1, -0.05) is 56.8 Å². The van der Waals surface area contributed by atoms with Crippen molar-refractivity contribution in [3.63, 3.8) is 0 Å². The second-order valence-electron chi connectivity index (χ2n) is 11.5. The second-order valence-corrected chi connectivity index (χ2v) is 11.5. The van der Waals surface area contributed by atoms with Crippen LogP contribution in [0.4, 0.5) is 0 Å². The van der Waals surface area contributed by atoms with Crippen molar-refractivity contribution in [1.29, 1.82) is 0 Å². The van der Waals surface area contributed by atoms with E-state index in [1.54, 1.807) is 0 Å². The standard InChI is InChI=1S/C31H47NO2/c1-5-6-7-11-14-23(2)29(33)24(3)15-12-9-8-10-13-16-25(4)30(34)32-31-20-26-17-27(21-31)19-28(18-26)22-31/h12,14-16,24,26-29,33H,5-7,10-11,13,17-22H2,1-4H3,(H,32,34)/b15-12+,23-14+,25-16+/t24-,26?,27?,28?,29+,31?/m1/s1. The molecule has 0 aromatic rings. The molecule has 34 heavy (non-hydrogen) atoms. The average molecular weight is 466 g/mol. The highest BCUT2D eigenvalue weighted by Gasteiger charge is 2.51. The summed E-state index contributed by atoms with van der Waals surface area (Å²) in [5.41, 5.74) is 1.95. The van der Waals surface area contributed by atoms with Gasteiger partial charge in [-0.3, -0.25) is 4.79 Å². The molecule has 0 radical (unpaired) electrons. The SMILES string of the molecule is CCCCC/C=C(\C)[C@H](O)[C@H](C)/C=C/C#CCC/C=C(\C)C(=O)NC12CC3CC(CC(C3)C1)C2. The van der Waals surface area contributed by atoms with Crippen LogP contribution >= 0.6 is 0 Å². The number of carbonyl (C=O) groups is 1. The molecule has 4 bridgehead atoms. The summed E-state index contributed by atoms with van der Waals surface area (Å²) in [6.07, 6.45) is 21.6. The molecular formula is C31H47NO2. The summed E-state index contributed by atoms with van der Waals surface area (Å²) in [6.45, 7) is 8.18. The molecule has 0 spiro atoms. The maximum Gasteiger partial charge on any atom is 0.247 e. The first kappa shape index (κ1) is 26.8. The van der Waals surface area contributed by atoms with Gasteiger partial charge in [-0.25, -0.2) is 0 Å². The van der Waals surface area contributed by atoms with Gasteiger partial charge in [0.1, 0.15) is 0 Å². The number of amides is 1. The minimum Gasteiger partial charge on any atom is -0.388 e. The maximum atomic E-state index is 12.8. The molecule has 4 rings (SSSR count). The van der Waals surface area contributed by atoms with Crippen LogP contribution in [0.25, 0.3) is 0 Å². The van der Waals surface area contributed by atoms with E-state index in [1.807, 2.05) is 39.0 Å². The van der Waals surface area contributed by atoms with Crippen LogP contribution in [-0.2, 0) is 4.79 Å². The van der Waals surface area contributed by atoms with E-state index in [0.29, 0.717) is 0 Å². The number of aliphatic hydroxyl groups is 1. The molecule has 2 atom stereocenters. The molecule has 0 saturated heterocycles. The van der Waals surface area contributed by atoms with Gasteiger partial charge in [0.2, 0.25) is 5.91 Å². The zero-order chi connectivity index (χ0) is 24.6. The molecular weight excluding hydrogens is 418 g/mol. The Morgan fingerprint density at radius 2 is 1.71 bits per heavy atom. The molecule has 3 nitrogen and oxygen atoms in total. The Bertz CT molecular complexity index is 802. The van der Waals surface area contributed by atoms with E-state index in [2.05, 4.69) is 30.2 Å². The van der Waals surface area contributed by atoms with Crippen molar-refractivity contribution in [2.75, 3.05) is 0 Å². The van der Waals surface area contributed by atoms with Crippen molar-refractivity contribution in [2.24, 2.45) is 23.7 Å². The minimum atomic E-state index is -0.447. The van der Waals surface area contributed by atoms with Crippen LogP contribution in [-0.4, -0.2) is 22.7 Å². The number of unbranched alkanes of at least 4 members (excludes halogenated alkanes) is 4. The Morgan fingerprint density at radius 1 is 1.06 bits per heavy atom.